The van der Waals surface area contributed by atoms with Crippen molar-refractivity contribution in [2.75, 3.05) is 0 Å². The Kier molecular flexibility index (Phi) is 6.00. The third kappa shape index (κ3) is 4.38. The van der Waals surface area contributed by atoms with Gasteiger partial charge in [-0.1, -0.05) is 24.3 Å². The largest absolute Gasteiger partial charge is 0.462 e. The van der Waals surface area contributed by atoms with Crippen LogP contribution in [0.1, 0.15) is 43.9 Å². The highest BCUT2D eigenvalue weighted by atomic mass is 19.4. The standard InChI is InChI=1S/C27H28F3NO3/c1-15-25-22(23-13-21(32)9-6-17(23)12-24(25)26(33)34-15)10-8-20-7-5-18(14-31-20)16-3-2-4-19(11-16)27(28,29)30/h2-5,7-8,10-11,14-15,17,21-25,32H,6,9,12-13H2,1H3/b10-8+/t15-,17+,21+,22+,23-,24-,25+/m0/s1. The van der Waals surface area contributed by atoms with Crippen LogP contribution in [-0.4, -0.2) is 28.3 Å². The minimum atomic E-state index is -4.39. The number of benzene rings is 1. The molecule has 0 radical (unpaired) electrons. The second-order valence-corrected chi connectivity index (χ2v) is 9.94. The van der Waals surface area contributed by atoms with E-state index in [9.17, 15) is 23.1 Å². The summed E-state index contributed by atoms with van der Waals surface area (Å²) in [5.74, 6) is 0.669. The van der Waals surface area contributed by atoms with Crippen molar-refractivity contribution in [2.24, 2.45) is 29.6 Å². The van der Waals surface area contributed by atoms with Gasteiger partial charge in [0.05, 0.1) is 23.3 Å². The summed E-state index contributed by atoms with van der Waals surface area (Å²) in [4.78, 5) is 16.9. The number of pyridine rings is 1. The number of nitrogens with zero attached hydrogens (tertiary/aromatic N) is 1. The third-order valence-electron chi connectivity index (χ3n) is 7.93. The van der Waals surface area contributed by atoms with E-state index >= 15 is 0 Å². The molecule has 3 fully saturated rings. The fraction of sp³-hybridized carbons (Fsp3) is 0.481. The molecule has 0 amide bonds. The van der Waals surface area contributed by atoms with E-state index in [2.05, 4.69) is 11.1 Å². The van der Waals surface area contributed by atoms with Gasteiger partial charge in [0, 0.05) is 17.7 Å². The number of aliphatic hydroxyl groups excluding tert-OH is 1. The number of cyclic esters (lactones) is 1. The van der Waals surface area contributed by atoms with Gasteiger partial charge in [-0.2, -0.15) is 13.2 Å². The van der Waals surface area contributed by atoms with Crippen molar-refractivity contribution >= 4 is 12.0 Å². The molecule has 34 heavy (non-hydrogen) atoms. The number of esters is 1. The van der Waals surface area contributed by atoms with E-state index in [1.807, 2.05) is 13.0 Å². The first-order valence-corrected chi connectivity index (χ1v) is 11.9. The van der Waals surface area contributed by atoms with Crippen LogP contribution in [0.2, 0.25) is 0 Å². The first-order valence-electron chi connectivity index (χ1n) is 11.9. The van der Waals surface area contributed by atoms with Crippen LogP contribution in [0, 0.1) is 29.6 Å². The van der Waals surface area contributed by atoms with Gasteiger partial charge in [0.2, 0.25) is 0 Å². The number of alkyl halides is 3. The van der Waals surface area contributed by atoms with Gasteiger partial charge in [0.1, 0.15) is 6.10 Å². The molecule has 1 aromatic carbocycles. The van der Waals surface area contributed by atoms with Gasteiger partial charge in [0.25, 0.3) is 0 Å². The van der Waals surface area contributed by atoms with Crippen LogP contribution >= 0.6 is 0 Å². The van der Waals surface area contributed by atoms with Crippen molar-refractivity contribution in [3.63, 3.8) is 0 Å². The Bertz CT molecular complexity index is 1080. The minimum Gasteiger partial charge on any atom is -0.462 e. The zero-order valence-electron chi connectivity index (χ0n) is 18.9. The van der Waals surface area contributed by atoms with Crippen LogP contribution < -0.4 is 0 Å². The molecule has 1 aliphatic heterocycles. The predicted octanol–water partition coefficient (Wildman–Crippen LogP) is 5.76. The highest BCUT2D eigenvalue weighted by molar-refractivity contribution is 5.75. The maximum atomic E-state index is 13.0. The van der Waals surface area contributed by atoms with Crippen molar-refractivity contribution in [3.8, 4) is 11.1 Å². The molecule has 0 bridgehead atoms. The van der Waals surface area contributed by atoms with E-state index in [4.69, 9.17) is 4.74 Å². The number of halogens is 3. The lowest BCUT2D eigenvalue weighted by atomic mass is 9.57. The van der Waals surface area contributed by atoms with Crippen molar-refractivity contribution in [1.29, 1.82) is 0 Å². The van der Waals surface area contributed by atoms with Crippen molar-refractivity contribution in [1.82, 2.24) is 4.98 Å². The minimum absolute atomic E-state index is 0.0830. The molecule has 0 spiro atoms. The van der Waals surface area contributed by atoms with E-state index in [0.717, 1.165) is 37.8 Å². The Hall–Kier alpha value is -2.67. The maximum Gasteiger partial charge on any atom is 0.416 e. The van der Waals surface area contributed by atoms with Crippen LogP contribution in [0.4, 0.5) is 13.2 Å². The highest BCUT2D eigenvalue weighted by Gasteiger charge is 2.54. The first-order chi connectivity index (χ1) is 16.2. The normalized spacial score (nSPS) is 33.4. The molecule has 2 aromatic rings. The average molecular weight is 472 g/mol. The Balaban J connectivity index is 1.38. The molecule has 7 atom stereocenters. The Morgan fingerprint density at radius 1 is 1.12 bits per heavy atom. The van der Waals surface area contributed by atoms with E-state index in [0.29, 0.717) is 28.7 Å². The summed E-state index contributed by atoms with van der Waals surface area (Å²) in [5.41, 5.74) is 1.08. The van der Waals surface area contributed by atoms with Gasteiger partial charge >= 0.3 is 12.1 Å². The highest BCUT2D eigenvalue weighted by Crippen LogP contribution is 2.53. The Morgan fingerprint density at radius 2 is 1.94 bits per heavy atom. The number of allylic oxidation sites excluding steroid dienone is 1. The molecule has 180 valence electrons. The van der Waals surface area contributed by atoms with Crippen molar-refractivity contribution in [3.05, 3.63) is 59.9 Å². The molecule has 2 saturated carbocycles. The summed E-state index contributed by atoms with van der Waals surface area (Å²) in [5, 5.41) is 10.3. The quantitative estimate of drug-likeness (QED) is 0.579. The lowest BCUT2D eigenvalue weighted by Crippen LogP contribution is -2.45. The Morgan fingerprint density at radius 3 is 2.68 bits per heavy atom. The van der Waals surface area contributed by atoms with Crippen LogP contribution in [0.3, 0.4) is 0 Å². The number of carbonyl (C=O) groups is 1. The van der Waals surface area contributed by atoms with Crippen LogP contribution in [0.5, 0.6) is 0 Å². The van der Waals surface area contributed by atoms with Gasteiger partial charge in [0.15, 0.2) is 0 Å². The fourth-order valence-electron chi connectivity index (χ4n) is 6.32. The van der Waals surface area contributed by atoms with Crippen molar-refractivity contribution in [2.45, 2.75) is 51.0 Å². The van der Waals surface area contributed by atoms with Crippen molar-refractivity contribution < 1.29 is 27.8 Å². The molecule has 7 heteroatoms. The summed E-state index contributed by atoms with van der Waals surface area (Å²) in [6.07, 6.45) is 4.01. The third-order valence-corrected chi connectivity index (χ3v) is 7.93. The van der Waals surface area contributed by atoms with E-state index < -0.39 is 11.7 Å². The van der Waals surface area contributed by atoms with Gasteiger partial charge < -0.3 is 9.84 Å². The molecule has 2 aliphatic carbocycles. The number of aliphatic hydroxyl groups is 1. The van der Waals surface area contributed by atoms with Crippen LogP contribution in [0.15, 0.2) is 48.7 Å². The predicted molar refractivity (Wildman–Crippen MR) is 121 cm³/mol. The zero-order chi connectivity index (χ0) is 24.0. The van der Waals surface area contributed by atoms with Gasteiger partial charge in [-0.15, -0.1) is 0 Å². The summed E-state index contributed by atoms with van der Waals surface area (Å²) in [7, 11) is 0. The molecule has 0 unspecified atom stereocenters. The van der Waals surface area contributed by atoms with Gasteiger partial charge in [-0.3, -0.25) is 9.78 Å². The number of carbonyl (C=O) groups excluding carboxylic acids is 1. The number of rotatable bonds is 3. The topological polar surface area (TPSA) is 59.4 Å². The monoisotopic (exact) mass is 471 g/mol. The maximum absolute atomic E-state index is 13.0. The van der Waals surface area contributed by atoms with Gasteiger partial charge in [-0.25, -0.2) is 0 Å². The zero-order valence-corrected chi connectivity index (χ0v) is 18.9. The van der Waals surface area contributed by atoms with Gasteiger partial charge in [-0.05, 0) is 80.2 Å². The molecular weight excluding hydrogens is 443 g/mol. The second-order valence-electron chi connectivity index (χ2n) is 9.94. The summed E-state index contributed by atoms with van der Waals surface area (Å²) < 4.78 is 44.7. The lowest BCUT2D eigenvalue weighted by Gasteiger charge is -2.46. The second kappa shape index (κ2) is 8.84. The fourth-order valence-corrected chi connectivity index (χ4v) is 6.32. The Labute approximate surface area is 196 Å². The number of hydrogen-bond donors (Lipinski definition) is 1. The molecule has 3 aliphatic rings. The summed E-state index contributed by atoms with van der Waals surface area (Å²) in [6, 6.07) is 8.77. The van der Waals surface area contributed by atoms with Crippen LogP contribution in [-0.2, 0) is 15.7 Å². The summed E-state index contributed by atoms with van der Waals surface area (Å²) >= 11 is 0. The molecular formula is C27H28F3NO3. The first kappa shape index (κ1) is 23.1. The number of ether oxygens (including phenoxy) is 1. The molecule has 1 N–H and O–H groups in total. The van der Waals surface area contributed by atoms with E-state index in [1.54, 1.807) is 24.4 Å². The molecule has 2 heterocycles. The van der Waals surface area contributed by atoms with E-state index in [1.165, 1.54) is 6.07 Å². The number of fused-ring (bicyclic) bond motifs is 2. The smallest absolute Gasteiger partial charge is 0.416 e. The van der Waals surface area contributed by atoms with Crippen LogP contribution in [0.25, 0.3) is 17.2 Å². The molecule has 1 aromatic heterocycles. The molecule has 5 rings (SSSR count). The SMILES string of the molecule is C[C@@H]1OC(=O)[C@H]2C[C@H]3CC[C@@H](O)C[C@@H]3[C@@H](/C=C/c3ccc(-c4cccc(C(F)(F)F)c4)cn3)[C@@H]12. The summed E-state index contributed by atoms with van der Waals surface area (Å²) in [6.45, 7) is 1.95. The average Bonchev–Trinajstić information content (AvgIpc) is 3.10. The van der Waals surface area contributed by atoms with E-state index in [-0.39, 0.29) is 35.9 Å². The number of aromatic nitrogens is 1. The lowest BCUT2D eigenvalue weighted by molar-refractivity contribution is -0.144. The molecule has 1 saturated heterocycles. The molecule has 4 nitrogen and oxygen atoms in total. The number of hydrogen-bond acceptors (Lipinski definition) is 4.